The van der Waals surface area contributed by atoms with Crippen molar-refractivity contribution in [3.8, 4) is 28.7 Å². The molecule has 0 aliphatic rings. The number of fused-ring (bicyclic) bond motifs is 6. The van der Waals surface area contributed by atoms with E-state index in [1.165, 1.54) is 15.5 Å². The Bertz CT molecular complexity index is 2160. The van der Waals surface area contributed by atoms with E-state index in [9.17, 15) is 0 Å². The molecule has 3 aromatic heterocycles. The third kappa shape index (κ3) is 3.55. The van der Waals surface area contributed by atoms with Crippen molar-refractivity contribution in [1.82, 2.24) is 19.5 Å². The van der Waals surface area contributed by atoms with E-state index in [-0.39, 0.29) is 0 Å². The summed E-state index contributed by atoms with van der Waals surface area (Å²) in [5.74, 6) is 1.79. The van der Waals surface area contributed by atoms with Crippen molar-refractivity contribution in [3.63, 3.8) is 0 Å². The summed E-state index contributed by atoms with van der Waals surface area (Å²) in [6.07, 6.45) is 0. The van der Waals surface area contributed by atoms with Crippen molar-refractivity contribution in [3.05, 3.63) is 120 Å². The molecule has 0 atom stereocenters. The van der Waals surface area contributed by atoms with Crippen LogP contribution < -0.4 is 0 Å². The van der Waals surface area contributed by atoms with Crippen molar-refractivity contribution in [2.45, 2.75) is 0 Å². The SMILES string of the molecule is Clc1cccc(-c2nc(-c3cccc4c3sc3ccccc34)nc(-n3c4ccccc4c4ccccc43)n2)c1. The number of rotatable bonds is 3. The van der Waals surface area contributed by atoms with Crippen LogP contribution in [-0.2, 0) is 0 Å². The minimum atomic E-state index is 0.575. The third-order valence-electron chi connectivity index (χ3n) is 7.13. The molecule has 184 valence electrons. The minimum Gasteiger partial charge on any atom is -0.278 e. The van der Waals surface area contributed by atoms with Gasteiger partial charge in [0.05, 0.1) is 11.0 Å². The van der Waals surface area contributed by atoms with Gasteiger partial charge in [-0.2, -0.15) is 9.97 Å². The number of hydrogen-bond acceptors (Lipinski definition) is 4. The van der Waals surface area contributed by atoms with E-state index >= 15 is 0 Å². The second-order valence-corrected chi connectivity index (χ2v) is 10.9. The molecule has 0 aliphatic carbocycles. The van der Waals surface area contributed by atoms with Crippen LogP contribution in [-0.4, -0.2) is 19.5 Å². The van der Waals surface area contributed by atoms with Gasteiger partial charge in [0.2, 0.25) is 5.95 Å². The standard InChI is InChI=1S/C33H19ClN4S/c34-21-10-7-9-20(19-21)31-35-32(26-15-8-14-25-24-13-3-6-18-29(24)39-30(25)26)37-33(36-31)38-27-16-4-1-11-22(27)23-12-2-5-17-28(23)38/h1-19H. The lowest BCUT2D eigenvalue weighted by Crippen LogP contribution is -2.06. The van der Waals surface area contributed by atoms with Crippen molar-refractivity contribution in [2.24, 2.45) is 0 Å². The van der Waals surface area contributed by atoms with Gasteiger partial charge >= 0.3 is 0 Å². The summed E-state index contributed by atoms with van der Waals surface area (Å²) in [6, 6.07) is 39.3. The summed E-state index contributed by atoms with van der Waals surface area (Å²) >= 11 is 8.16. The van der Waals surface area contributed by atoms with Gasteiger partial charge in [-0.15, -0.1) is 11.3 Å². The summed E-state index contributed by atoms with van der Waals surface area (Å²) in [7, 11) is 0. The van der Waals surface area contributed by atoms with Crippen molar-refractivity contribution >= 4 is 64.9 Å². The molecule has 0 unspecified atom stereocenters. The molecule has 0 N–H and O–H groups in total. The van der Waals surface area contributed by atoms with E-state index in [4.69, 9.17) is 26.6 Å². The van der Waals surface area contributed by atoms with Gasteiger partial charge in [-0.3, -0.25) is 4.57 Å². The predicted octanol–water partition coefficient (Wildman–Crippen LogP) is 9.32. The zero-order valence-corrected chi connectivity index (χ0v) is 22.1. The summed E-state index contributed by atoms with van der Waals surface area (Å²) < 4.78 is 4.54. The molecule has 3 heterocycles. The van der Waals surface area contributed by atoms with Crippen LogP contribution in [0.3, 0.4) is 0 Å². The molecule has 4 nitrogen and oxygen atoms in total. The van der Waals surface area contributed by atoms with Crippen LogP contribution in [0.5, 0.6) is 0 Å². The molecule has 8 aromatic rings. The zero-order chi connectivity index (χ0) is 25.9. The third-order valence-corrected chi connectivity index (χ3v) is 8.59. The van der Waals surface area contributed by atoms with E-state index in [1.54, 1.807) is 11.3 Å². The van der Waals surface area contributed by atoms with Crippen molar-refractivity contribution in [1.29, 1.82) is 0 Å². The maximum absolute atomic E-state index is 6.40. The van der Waals surface area contributed by atoms with Gasteiger partial charge in [0, 0.05) is 47.1 Å². The number of para-hydroxylation sites is 2. The highest BCUT2D eigenvalue weighted by molar-refractivity contribution is 7.26. The highest BCUT2D eigenvalue weighted by Crippen LogP contribution is 2.40. The minimum absolute atomic E-state index is 0.575. The highest BCUT2D eigenvalue weighted by Gasteiger charge is 2.19. The normalized spacial score (nSPS) is 11.7. The summed E-state index contributed by atoms with van der Waals surface area (Å²) in [5.41, 5.74) is 3.93. The molecule has 0 saturated carbocycles. The smallest absolute Gasteiger partial charge is 0.238 e. The Labute approximate surface area is 232 Å². The molecular weight excluding hydrogens is 520 g/mol. The highest BCUT2D eigenvalue weighted by atomic mass is 35.5. The van der Waals surface area contributed by atoms with Gasteiger partial charge in [-0.05, 0) is 36.4 Å². The molecule has 0 amide bonds. The van der Waals surface area contributed by atoms with E-state index in [2.05, 4.69) is 95.6 Å². The van der Waals surface area contributed by atoms with Gasteiger partial charge in [0.25, 0.3) is 0 Å². The molecule has 8 rings (SSSR count). The molecule has 6 heteroatoms. The van der Waals surface area contributed by atoms with E-state index < -0.39 is 0 Å². The van der Waals surface area contributed by atoms with Crippen LogP contribution in [0, 0.1) is 0 Å². The Morgan fingerprint density at radius 1 is 0.564 bits per heavy atom. The van der Waals surface area contributed by atoms with Gasteiger partial charge in [-0.25, -0.2) is 4.98 Å². The van der Waals surface area contributed by atoms with Gasteiger partial charge in [-0.1, -0.05) is 90.5 Å². The van der Waals surface area contributed by atoms with E-state index in [0.717, 1.165) is 37.6 Å². The first kappa shape index (κ1) is 22.4. The van der Waals surface area contributed by atoms with Crippen molar-refractivity contribution in [2.75, 3.05) is 0 Å². The van der Waals surface area contributed by atoms with Crippen LogP contribution >= 0.6 is 22.9 Å². The van der Waals surface area contributed by atoms with Gasteiger partial charge in [0.1, 0.15) is 0 Å². The Balaban J connectivity index is 1.47. The monoisotopic (exact) mass is 538 g/mol. The topological polar surface area (TPSA) is 43.6 Å². The quantitative estimate of drug-likeness (QED) is 0.225. The van der Waals surface area contributed by atoms with Gasteiger partial charge in [0.15, 0.2) is 11.6 Å². The first-order chi connectivity index (χ1) is 19.2. The van der Waals surface area contributed by atoms with Crippen LogP contribution in [0.4, 0.5) is 0 Å². The largest absolute Gasteiger partial charge is 0.278 e. The molecule has 0 aliphatic heterocycles. The Morgan fingerprint density at radius 3 is 1.97 bits per heavy atom. The maximum Gasteiger partial charge on any atom is 0.238 e. The fourth-order valence-corrected chi connectivity index (χ4v) is 6.81. The van der Waals surface area contributed by atoms with E-state index in [0.29, 0.717) is 22.6 Å². The fraction of sp³-hybridized carbons (Fsp3) is 0. The van der Waals surface area contributed by atoms with Crippen LogP contribution in [0.2, 0.25) is 5.02 Å². The lowest BCUT2D eigenvalue weighted by atomic mass is 10.1. The molecule has 0 bridgehead atoms. The fourth-order valence-electron chi connectivity index (χ4n) is 5.40. The second kappa shape index (κ2) is 8.73. The number of hydrogen-bond donors (Lipinski definition) is 0. The van der Waals surface area contributed by atoms with E-state index in [1.807, 2.05) is 24.3 Å². The number of thiophene rings is 1. The van der Waals surface area contributed by atoms with Crippen LogP contribution in [0.15, 0.2) is 115 Å². The zero-order valence-electron chi connectivity index (χ0n) is 20.5. The average Bonchev–Trinajstić information content (AvgIpc) is 3.53. The average molecular weight is 539 g/mol. The summed E-state index contributed by atoms with van der Waals surface area (Å²) in [4.78, 5) is 15.2. The molecule has 0 saturated heterocycles. The molecule has 0 fully saturated rings. The lowest BCUT2D eigenvalue weighted by Gasteiger charge is -2.11. The number of aromatic nitrogens is 4. The van der Waals surface area contributed by atoms with Gasteiger partial charge < -0.3 is 0 Å². The molecule has 0 radical (unpaired) electrons. The van der Waals surface area contributed by atoms with Crippen LogP contribution in [0.25, 0.3) is 70.7 Å². The lowest BCUT2D eigenvalue weighted by molar-refractivity contribution is 0.954. The first-order valence-corrected chi connectivity index (χ1v) is 13.9. The number of halogens is 1. The summed E-state index contributed by atoms with van der Waals surface area (Å²) in [5, 5.41) is 5.40. The maximum atomic E-state index is 6.40. The summed E-state index contributed by atoms with van der Waals surface area (Å²) in [6.45, 7) is 0. The van der Waals surface area contributed by atoms with Crippen molar-refractivity contribution < 1.29 is 0 Å². The molecule has 0 spiro atoms. The second-order valence-electron chi connectivity index (χ2n) is 9.44. The Morgan fingerprint density at radius 2 is 1.21 bits per heavy atom. The predicted molar refractivity (Wildman–Crippen MR) is 163 cm³/mol. The molecule has 39 heavy (non-hydrogen) atoms. The Hall–Kier alpha value is -4.58. The Kier molecular flexibility index (Phi) is 5.02. The molecule has 5 aromatic carbocycles. The number of nitrogens with zero attached hydrogens (tertiary/aromatic N) is 4. The van der Waals surface area contributed by atoms with Crippen LogP contribution in [0.1, 0.15) is 0 Å². The molecular formula is C33H19ClN4S. The number of benzene rings is 5. The first-order valence-electron chi connectivity index (χ1n) is 12.7.